The number of halogens is 1. The second-order valence-electron chi connectivity index (χ2n) is 5.16. The lowest BCUT2D eigenvalue weighted by Gasteiger charge is -2.11. The van der Waals surface area contributed by atoms with Crippen LogP contribution in [0.4, 0.5) is 0 Å². The number of carbonyl (C=O) groups is 1. The quantitative estimate of drug-likeness (QED) is 0.502. The van der Waals surface area contributed by atoms with Gasteiger partial charge in [0.05, 0.1) is 14.2 Å². The summed E-state index contributed by atoms with van der Waals surface area (Å²) in [5, 5.41) is 6.03. The zero-order valence-electron chi connectivity index (χ0n) is 14.0. The molecule has 2 aromatic rings. The van der Waals surface area contributed by atoms with Gasteiger partial charge in [0.2, 0.25) is 0 Å². The van der Waals surface area contributed by atoms with E-state index in [2.05, 4.69) is 33.2 Å². The maximum Gasteiger partial charge on any atom is 0.257 e. The summed E-state index contributed by atoms with van der Waals surface area (Å²) >= 11 is 7.34. The molecule has 0 aliphatic heterocycles. The van der Waals surface area contributed by atoms with Crippen molar-refractivity contribution in [3.8, 4) is 11.5 Å². The zero-order valence-corrected chi connectivity index (χ0v) is 16.9. The lowest BCUT2D eigenvalue weighted by Crippen LogP contribution is -2.40. The van der Waals surface area contributed by atoms with E-state index < -0.39 is 0 Å². The number of carbonyl (C=O) groups excluding carboxylic acids is 1. The molecule has 0 bridgehead atoms. The minimum atomic E-state index is -0.220. The molecule has 2 N–H and O–H groups in total. The topological polar surface area (TPSA) is 59.6 Å². The van der Waals surface area contributed by atoms with Gasteiger partial charge in [0, 0.05) is 15.7 Å². The number of amides is 1. The average molecular weight is 470 g/mol. The summed E-state index contributed by atoms with van der Waals surface area (Å²) in [5.74, 6) is 1.16. The number of rotatable bonds is 6. The Morgan fingerprint density at radius 2 is 1.88 bits per heavy atom. The van der Waals surface area contributed by atoms with Crippen molar-refractivity contribution < 1.29 is 14.3 Å². The Morgan fingerprint density at radius 3 is 2.56 bits per heavy atom. The third-order valence-corrected chi connectivity index (χ3v) is 4.38. The van der Waals surface area contributed by atoms with E-state index in [0.717, 1.165) is 15.6 Å². The number of ether oxygens (including phenoxy) is 2. The van der Waals surface area contributed by atoms with E-state index in [1.165, 1.54) is 0 Å². The van der Waals surface area contributed by atoms with Crippen molar-refractivity contribution in [2.45, 2.75) is 6.42 Å². The van der Waals surface area contributed by atoms with Gasteiger partial charge in [-0.15, -0.1) is 0 Å². The predicted molar refractivity (Wildman–Crippen MR) is 110 cm³/mol. The van der Waals surface area contributed by atoms with Crippen molar-refractivity contribution in [2.75, 3.05) is 20.8 Å². The molecule has 0 radical (unpaired) electrons. The normalized spacial score (nSPS) is 10.0. The molecule has 2 aromatic carbocycles. The molecule has 2 rings (SSSR count). The van der Waals surface area contributed by atoms with E-state index in [-0.39, 0.29) is 5.91 Å². The molecule has 25 heavy (non-hydrogen) atoms. The first-order chi connectivity index (χ1) is 12.0. The number of hydrogen-bond donors (Lipinski definition) is 2. The van der Waals surface area contributed by atoms with Crippen molar-refractivity contribution in [3.63, 3.8) is 0 Å². The van der Waals surface area contributed by atoms with E-state index in [4.69, 9.17) is 21.7 Å². The second kappa shape index (κ2) is 9.57. The van der Waals surface area contributed by atoms with Crippen LogP contribution in [0.15, 0.2) is 42.5 Å². The van der Waals surface area contributed by atoms with Gasteiger partial charge in [0.15, 0.2) is 16.6 Å². The van der Waals surface area contributed by atoms with Crippen LogP contribution in [0, 0.1) is 3.57 Å². The first-order valence-corrected chi connectivity index (χ1v) is 9.08. The fourth-order valence-corrected chi connectivity index (χ4v) is 2.94. The van der Waals surface area contributed by atoms with Crippen molar-refractivity contribution >= 4 is 45.8 Å². The maximum atomic E-state index is 12.1. The molecule has 0 atom stereocenters. The van der Waals surface area contributed by atoms with Crippen LogP contribution >= 0.6 is 34.8 Å². The summed E-state index contributed by atoms with van der Waals surface area (Å²) in [6.07, 6.45) is 0.736. The van der Waals surface area contributed by atoms with Gasteiger partial charge in [-0.2, -0.15) is 0 Å². The van der Waals surface area contributed by atoms with Gasteiger partial charge in [0.1, 0.15) is 0 Å². The highest BCUT2D eigenvalue weighted by Gasteiger charge is 2.08. The van der Waals surface area contributed by atoms with E-state index in [9.17, 15) is 4.79 Å². The zero-order chi connectivity index (χ0) is 18.2. The van der Waals surface area contributed by atoms with Crippen LogP contribution in [-0.2, 0) is 6.42 Å². The molecule has 1 amide bonds. The molecule has 0 aliphatic carbocycles. The molecular weight excluding hydrogens is 451 g/mol. The number of nitrogens with one attached hydrogen (secondary N) is 2. The lowest BCUT2D eigenvalue weighted by molar-refractivity contribution is 0.0976. The van der Waals surface area contributed by atoms with Crippen molar-refractivity contribution in [1.82, 2.24) is 10.6 Å². The Hall–Kier alpha value is -1.87. The summed E-state index contributed by atoms with van der Waals surface area (Å²) in [5.41, 5.74) is 1.66. The largest absolute Gasteiger partial charge is 0.493 e. The first-order valence-electron chi connectivity index (χ1n) is 7.59. The van der Waals surface area contributed by atoms with Gasteiger partial charge < -0.3 is 14.8 Å². The molecule has 132 valence electrons. The Kier molecular flexibility index (Phi) is 7.45. The Balaban J connectivity index is 1.83. The SMILES string of the molecule is COc1ccc(CCNC(=S)NC(=O)c2cccc(I)c2)cc1OC. The second-order valence-corrected chi connectivity index (χ2v) is 6.81. The fraction of sp³-hybridized carbons (Fsp3) is 0.222. The minimum absolute atomic E-state index is 0.220. The van der Waals surface area contributed by atoms with Crippen LogP contribution < -0.4 is 20.1 Å². The molecule has 0 saturated heterocycles. The van der Waals surface area contributed by atoms with Crippen LogP contribution in [-0.4, -0.2) is 31.8 Å². The van der Waals surface area contributed by atoms with E-state index in [1.54, 1.807) is 20.3 Å². The monoisotopic (exact) mass is 470 g/mol. The highest BCUT2D eigenvalue weighted by molar-refractivity contribution is 14.1. The van der Waals surface area contributed by atoms with Crippen molar-refractivity contribution in [3.05, 3.63) is 57.2 Å². The maximum absolute atomic E-state index is 12.1. The average Bonchev–Trinajstić information content (AvgIpc) is 2.61. The molecule has 0 saturated carbocycles. The van der Waals surface area contributed by atoms with Gasteiger partial charge in [-0.1, -0.05) is 12.1 Å². The summed E-state index contributed by atoms with van der Waals surface area (Å²) in [7, 11) is 3.21. The number of thiocarbonyl (C=S) groups is 1. The highest BCUT2D eigenvalue weighted by atomic mass is 127. The Bertz CT molecular complexity index is 768. The van der Waals surface area contributed by atoms with Crippen LogP contribution in [0.1, 0.15) is 15.9 Å². The van der Waals surface area contributed by atoms with Crippen LogP contribution in [0.5, 0.6) is 11.5 Å². The Labute approximate surface area is 166 Å². The van der Waals surface area contributed by atoms with Gasteiger partial charge in [-0.25, -0.2) is 0 Å². The molecule has 7 heteroatoms. The van der Waals surface area contributed by atoms with Crippen LogP contribution in [0.25, 0.3) is 0 Å². The fourth-order valence-electron chi connectivity index (χ4n) is 2.21. The van der Waals surface area contributed by atoms with Crippen molar-refractivity contribution in [1.29, 1.82) is 0 Å². The molecule has 0 aliphatic rings. The minimum Gasteiger partial charge on any atom is -0.493 e. The van der Waals surface area contributed by atoms with E-state index in [1.807, 2.05) is 36.4 Å². The Morgan fingerprint density at radius 1 is 1.12 bits per heavy atom. The van der Waals surface area contributed by atoms with Gasteiger partial charge in [-0.3, -0.25) is 10.1 Å². The number of hydrogen-bond acceptors (Lipinski definition) is 4. The third-order valence-electron chi connectivity index (χ3n) is 3.46. The van der Waals surface area contributed by atoms with Crippen molar-refractivity contribution in [2.24, 2.45) is 0 Å². The molecule has 0 aromatic heterocycles. The molecule has 0 unspecified atom stereocenters. The molecule has 0 spiro atoms. The van der Waals surface area contributed by atoms with Gasteiger partial charge >= 0.3 is 0 Å². The van der Waals surface area contributed by atoms with Crippen LogP contribution in [0.3, 0.4) is 0 Å². The number of methoxy groups -OCH3 is 2. The summed E-state index contributed by atoms with van der Waals surface area (Å²) in [4.78, 5) is 12.1. The third kappa shape index (κ3) is 5.86. The van der Waals surface area contributed by atoms with Gasteiger partial charge in [-0.05, 0) is 77.1 Å². The summed E-state index contributed by atoms with van der Waals surface area (Å²) in [6, 6.07) is 13.1. The molecule has 0 heterocycles. The molecule has 0 fully saturated rings. The smallest absolute Gasteiger partial charge is 0.257 e. The van der Waals surface area contributed by atoms with Crippen LogP contribution in [0.2, 0.25) is 0 Å². The first kappa shape index (κ1) is 19.5. The predicted octanol–water partition coefficient (Wildman–Crippen LogP) is 3.16. The summed E-state index contributed by atoms with van der Waals surface area (Å²) < 4.78 is 11.5. The van der Waals surface area contributed by atoms with E-state index >= 15 is 0 Å². The lowest BCUT2D eigenvalue weighted by atomic mass is 10.1. The summed E-state index contributed by atoms with van der Waals surface area (Å²) in [6.45, 7) is 0.598. The van der Waals surface area contributed by atoms with E-state index in [0.29, 0.717) is 28.7 Å². The van der Waals surface area contributed by atoms with Gasteiger partial charge in [0.25, 0.3) is 5.91 Å². The number of benzene rings is 2. The molecular formula is C18H19IN2O3S. The highest BCUT2D eigenvalue weighted by Crippen LogP contribution is 2.27. The molecule has 5 nitrogen and oxygen atoms in total. The standard InChI is InChI=1S/C18H19IN2O3S/c1-23-15-7-6-12(10-16(15)24-2)8-9-20-18(25)21-17(22)13-4-3-5-14(19)11-13/h3-7,10-11H,8-9H2,1-2H3,(H2,20,21,22,25).